The molecule has 1 aromatic rings. The Morgan fingerprint density at radius 3 is 2.11 bits per heavy atom. The molecule has 4 rings (SSSR count). The van der Waals surface area contributed by atoms with Crippen LogP contribution in [0, 0.1) is 24.7 Å². The second kappa shape index (κ2) is 19.1. The van der Waals surface area contributed by atoms with Gasteiger partial charge in [-0.05, 0) is 62.6 Å². The lowest BCUT2D eigenvalue weighted by Gasteiger charge is -2.25. The minimum atomic E-state index is -0.994. The van der Waals surface area contributed by atoms with Crippen LogP contribution >= 0.6 is 11.8 Å². The number of benzene rings is 1. The molecule has 0 aromatic heterocycles. The van der Waals surface area contributed by atoms with E-state index in [0.29, 0.717) is 11.3 Å². The maximum Gasteiger partial charge on any atom is 0.251 e. The lowest BCUT2D eigenvalue weighted by molar-refractivity contribution is -0.118. The molecule has 284 valence electrons. The number of nitrogens with one attached hydrogen (secondary N) is 1. The van der Waals surface area contributed by atoms with Gasteiger partial charge in [-0.2, -0.15) is 0 Å². The smallest absolute Gasteiger partial charge is 0.251 e. The molecule has 10 nitrogen and oxygen atoms in total. The summed E-state index contributed by atoms with van der Waals surface area (Å²) in [6, 6.07) is 1.33. The van der Waals surface area contributed by atoms with Gasteiger partial charge in [-0.3, -0.25) is 24.0 Å². The minimum absolute atomic E-state index is 0.0597. The molecule has 0 fully saturated rings. The van der Waals surface area contributed by atoms with Crippen LogP contribution in [0.15, 0.2) is 88.1 Å². The van der Waals surface area contributed by atoms with Crippen LogP contribution in [0.1, 0.15) is 97.9 Å². The second-order valence-electron chi connectivity index (χ2n) is 13.7. The highest BCUT2D eigenvalue weighted by Gasteiger charge is 2.39. The number of phenolic OH excluding ortho intramolecular Hbond substituents is 1. The van der Waals surface area contributed by atoms with E-state index in [2.05, 4.69) is 5.32 Å². The van der Waals surface area contributed by atoms with Gasteiger partial charge in [0.25, 0.3) is 5.91 Å². The predicted octanol–water partition coefficient (Wildman–Crippen LogP) is 6.20. The van der Waals surface area contributed by atoms with E-state index < -0.39 is 59.2 Å². The van der Waals surface area contributed by atoms with Crippen LogP contribution in [0.2, 0.25) is 0 Å². The van der Waals surface area contributed by atoms with Crippen LogP contribution < -0.4 is 5.32 Å². The first-order valence-electron chi connectivity index (χ1n) is 17.7. The fraction of sp³-hybridized carbons (Fsp3) is 0.405. The Labute approximate surface area is 315 Å². The number of aliphatic hydroxyl groups excluding tert-OH is 3. The number of aryl methyl sites for hydroxylation is 1. The Morgan fingerprint density at radius 2 is 1.45 bits per heavy atom. The van der Waals surface area contributed by atoms with Crippen LogP contribution in [0.4, 0.5) is 0 Å². The molecule has 0 radical (unpaired) electrons. The molecule has 1 amide bonds. The van der Waals surface area contributed by atoms with Crippen LogP contribution in [0.25, 0.3) is 0 Å². The van der Waals surface area contributed by atoms with Gasteiger partial charge in [-0.1, -0.05) is 82.4 Å². The number of aliphatic hydroxyl groups is 3. The third-order valence-electron chi connectivity index (χ3n) is 9.41. The third-order valence-corrected chi connectivity index (χ3v) is 10.4. The number of phenols is 1. The zero-order valence-corrected chi connectivity index (χ0v) is 32.4. The van der Waals surface area contributed by atoms with Gasteiger partial charge in [-0.15, -0.1) is 11.8 Å². The van der Waals surface area contributed by atoms with E-state index in [-0.39, 0.29) is 68.5 Å². The van der Waals surface area contributed by atoms with Gasteiger partial charge < -0.3 is 25.7 Å². The fourth-order valence-corrected chi connectivity index (χ4v) is 6.72. The van der Waals surface area contributed by atoms with E-state index in [0.717, 1.165) is 11.8 Å². The van der Waals surface area contributed by atoms with Crippen molar-refractivity contribution >= 4 is 40.8 Å². The monoisotopic (exact) mass is 745 g/mol. The third kappa shape index (κ3) is 10.6. The summed E-state index contributed by atoms with van der Waals surface area (Å²) < 4.78 is 0. The van der Waals surface area contributed by atoms with Gasteiger partial charge in [0.05, 0.1) is 28.8 Å². The zero-order valence-electron chi connectivity index (χ0n) is 31.6. The van der Waals surface area contributed by atoms with Crippen molar-refractivity contribution in [3.63, 3.8) is 0 Å². The summed E-state index contributed by atoms with van der Waals surface area (Å²) in [5, 5.41) is 46.1. The van der Waals surface area contributed by atoms with Gasteiger partial charge in [0, 0.05) is 40.9 Å². The minimum Gasteiger partial charge on any atom is -0.507 e. The van der Waals surface area contributed by atoms with Crippen molar-refractivity contribution in [3.05, 3.63) is 110 Å². The molecular weight excluding hydrogens is 695 g/mol. The lowest BCUT2D eigenvalue weighted by atomic mass is 9.83. The van der Waals surface area contributed by atoms with Gasteiger partial charge in [0.15, 0.2) is 11.6 Å². The molecule has 2 aliphatic heterocycles. The first kappa shape index (κ1) is 43.0. The summed E-state index contributed by atoms with van der Waals surface area (Å²) in [6.07, 6.45) is 11.6. The second-order valence-corrected chi connectivity index (χ2v) is 15.0. The quantitative estimate of drug-likeness (QED) is 0.219. The first-order chi connectivity index (χ1) is 24.9. The van der Waals surface area contributed by atoms with Crippen molar-refractivity contribution in [2.75, 3.05) is 5.75 Å². The maximum atomic E-state index is 14.1. The number of fused-ring (bicyclic) bond motifs is 18. The summed E-state index contributed by atoms with van der Waals surface area (Å²) in [7, 11) is 0. The number of thioether (sulfide) groups is 1. The molecule has 0 spiro atoms. The largest absolute Gasteiger partial charge is 0.507 e. The van der Waals surface area contributed by atoms with Crippen molar-refractivity contribution in [3.8, 4) is 5.75 Å². The zero-order chi connectivity index (χ0) is 39.7. The SMILES string of the molecule is CCSC1=C2NC(=O)/C(C)=C/C=C\C=C\C(C)C(O)CC(=O)/C(C)=C/CC(O)/C=C/C(C)C(O)C(C)/C=C(/C)C(=O)c3c(O)c(C)cc(c3C1=O)C2=O. The van der Waals surface area contributed by atoms with E-state index in [4.69, 9.17) is 0 Å². The highest BCUT2D eigenvalue weighted by atomic mass is 32.2. The Bertz CT molecular complexity index is 1860. The lowest BCUT2D eigenvalue weighted by Crippen LogP contribution is -2.35. The molecule has 0 saturated heterocycles. The maximum absolute atomic E-state index is 14.1. The first-order valence-corrected chi connectivity index (χ1v) is 18.7. The molecule has 0 saturated carbocycles. The van der Waals surface area contributed by atoms with E-state index in [1.54, 1.807) is 71.1 Å². The van der Waals surface area contributed by atoms with Crippen LogP contribution in [0.3, 0.4) is 0 Å². The Balaban J connectivity index is 2.13. The average Bonchev–Trinajstić information content (AvgIpc) is 3.12. The van der Waals surface area contributed by atoms with Gasteiger partial charge in [0.2, 0.25) is 11.6 Å². The Hall–Kier alpha value is -4.42. The van der Waals surface area contributed by atoms with Crippen LogP contribution in [0.5, 0.6) is 5.75 Å². The van der Waals surface area contributed by atoms with Gasteiger partial charge in [0.1, 0.15) is 11.4 Å². The number of aromatic hydroxyl groups is 1. The van der Waals surface area contributed by atoms with E-state index in [9.17, 15) is 44.4 Å². The number of rotatable bonds is 2. The molecule has 5 N–H and O–H groups in total. The number of hydrogen-bond donors (Lipinski definition) is 5. The number of Topliss-reactive ketones (excluding diaryl/α,β-unsaturated/α-hetero) is 4. The van der Waals surface area contributed by atoms with Crippen LogP contribution in [-0.2, 0) is 9.59 Å². The van der Waals surface area contributed by atoms with E-state index in [1.807, 2.05) is 0 Å². The van der Waals surface area contributed by atoms with Gasteiger partial charge >= 0.3 is 0 Å². The van der Waals surface area contributed by atoms with Crippen LogP contribution in [-0.4, -0.2) is 73.5 Å². The summed E-state index contributed by atoms with van der Waals surface area (Å²) in [6.45, 7) is 13.1. The summed E-state index contributed by atoms with van der Waals surface area (Å²) in [5.74, 6) is -4.45. The fourth-order valence-electron chi connectivity index (χ4n) is 5.91. The highest BCUT2D eigenvalue weighted by molar-refractivity contribution is 8.04. The number of hydrogen-bond acceptors (Lipinski definition) is 10. The van der Waals surface area contributed by atoms with E-state index >= 15 is 0 Å². The van der Waals surface area contributed by atoms with Crippen molar-refractivity contribution in [2.24, 2.45) is 17.8 Å². The molecule has 1 aliphatic carbocycles. The topological polar surface area (TPSA) is 178 Å². The normalized spacial score (nSPS) is 30.8. The molecular formula is C42H51NO9S. The standard InChI is InChI=1S/C42H51NO9S/c1-9-53-41-35-39(50)30-20-28(8)38(49)34(33(30)40(41)51)37(48)27(7)19-26(6)36(47)24(4)16-18-29(44)17-15-23(3)32(46)21-31(45)22(2)13-11-10-12-14-25(5)42(52)43-35/h10-16,18-20,22,24,26,29,31,36,44-45,47,49H,9,17,21H2,1-8H3,(H,43,52)/b12-10-,13-11+,18-16+,23-15+,25-14+,27-19-. The van der Waals surface area contributed by atoms with Crippen molar-refractivity contribution in [1.29, 1.82) is 0 Å². The summed E-state index contributed by atoms with van der Waals surface area (Å²) in [4.78, 5) is 68.1. The van der Waals surface area contributed by atoms with Crippen molar-refractivity contribution in [2.45, 2.75) is 86.5 Å². The van der Waals surface area contributed by atoms with Crippen molar-refractivity contribution < 1.29 is 44.4 Å². The number of ketones is 4. The van der Waals surface area contributed by atoms with Gasteiger partial charge in [-0.25, -0.2) is 0 Å². The van der Waals surface area contributed by atoms with Crippen molar-refractivity contribution in [1.82, 2.24) is 5.32 Å². The number of carbonyl (C=O) groups excluding carboxylic acids is 5. The molecule has 2 heterocycles. The summed E-state index contributed by atoms with van der Waals surface area (Å²) >= 11 is 1.03. The number of allylic oxidation sites excluding steroid dienone is 8. The Morgan fingerprint density at radius 1 is 0.774 bits per heavy atom. The number of amides is 1. The molecule has 3 aliphatic rings. The average molecular weight is 746 g/mol. The molecule has 11 heteroatoms. The Kier molecular flexibility index (Phi) is 15.5. The molecule has 1 aromatic carbocycles. The molecule has 53 heavy (non-hydrogen) atoms. The molecule has 6 atom stereocenters. The number of carbonyl (C=O) groups is 5. The molecule has 6 unspecified atom stereocenters. The van der Waals surface area contributed by atoms with E-state index in [1.165, 1.54) is 45.1 Å². The predicted molar refractivity (Wildman–Crippen MR) is 208 cm³/mol. The molecule has 4 bridgehead atoms. The summed E-state index contributed by atoms with van der Waals surface area (Å²) in [5.41, 5.74) is 0.0200. The highest BCUT2D eigenvalue weighted by Crippen LogP contribution is 2.39.